The number of hydrogen-bond donors (Lipinski definition) is 1. The Labute approximate surface area is 184 Å². The van der Waals surface area contributed by atoms with Crippen LogP contribution in [0.5, 0.6) is 0 Å². The predicted molar refractivity (Wildman–Crippen MR) is 119 cm³/mol. The van der Waals surface area contributed by atoms with E-state index < -0.39 is 0 Å². The predicted octanol–water partition coefficient (Wildman–Crippen LogP) is 2.17. The van der Waals surface area contributed by atoms with Crippen LogP contribution in [0.1, 0.15) is 34.7 Å². The van der Waals surface area contributed by atoms with Gasteiger partial charge >= 0.3 is 0 Å². The van der Waals surface area contributed by atoms with Gasteiger partial charge in [0.05, 0.1) is 6.54 Å². The zero-order valence-electron chi connectivity index (χ0n) is 18.1. The van der Waals surface area contributed by atoms with E-state index in [0.29, 0.717) is 11.7 Å². The van der Waals surface area contributed by atoms with E-state index in [1.807, 2.05) is 12.1 Å². The Bertz CT molecular complexity index is 920. The number of likely N-dealkylation sites (tertiary alicyclic amines) is 1. The molecule has 3 atom stereocenters. The summed E-state index contributed by atoms with van der Waals surface area (Å²) < 4.78 is 5.99. The van der Waals surface area contributed by atoms with Gasteiger partial charge in [0.15, 0.2) is 5.76 Å². The van der Waals surface area contributed by atoms with Crippen molar-refractivity contribution in [3.05, 3.63) is 59.5 Å². The Balaban J connectivity index is 1.26. The highest BCUT2D eigenvalue weighted by atomic mass is 16.4. The minimum absolute atomic E-state index is 0.0656. The van der Waals surface area contributed by atoms with E-state index in [9.17, 15) is 4.79 Å². The average molecular weight is 421 g/mol. The molecule has 2 aromatic rings. The molecule has 6 heteroatoms. The summed E-state index contributed by atoms with van der Waals surface area (Å²) in [5, 5.41) is 3.45. The maximum atomic E-state index is 13.3. The van der Waals surface area contributed by atoms with Crippen molar-refractivity contribution in [2.45, 2.75) is 30.8 Å². The van der Waals surface area contributed by atoms with Gasteiger partial charge in [-0.3, -0.25) is 9.69 Å². The van der Waals surface area contributed by atoms with E-state index >= 15 is 0 Å². The number of amides is 1. The SMILES string of the molecule is O=C(NC1C2CN3CCN(C2)CC1(c1ccccc1)C3)c1ccc(CN2CCCC2)o1. The van der Waals surface area contributed by atoms with Crippen molar-refractivity contribution in [1.82, 2.24) is 20.0 Å². The Morgan fingerprint density at radius 2 is 1.68 bits per heavy atom. The molecule has 4 bridgehead atoms. The number of furan rings is 1. The highest BCUT2D eigenvalue weighted by molar-refractivity contribution is 5.92. The van der Waals surface area contributed by atoms with Crippen LogP contribution in [0.4, 0.5) is 0 Å². The fourth-order valence-electron chi connectivity index (χ4n) is 6.53. The molecular formula is C25H32N4O2. The van der Waals surface area contributed by atoms with Crippen LogP contribution >= 0.6 is 0 Å². The summed E-state index contributed by atoms with van der Waals surface area (Å²) in [6.45, 7) is 9.45. The molecule has 0 saturated carbocycles. The van der Waals surface area contributed by atoms with Gasteiger partial charge in [-0.2, -0.15) is 0 Å². The van der Waals surface area contributed by atoms with E-state index in [0.717, 1.165) is 64.7 Å². The van der Waals surface area contributed by atoms with Crippen molar-refractivity contribution in [2.24, 2.45) is 5.92 Å². The van der Waals surface area contributed by atoms with E-state index in [-0.39, 0.29) is 17.4 Å². The lowest BCUT2D eigenvalue weighted by Crippen LogP contribution is -2.70. The Morgan fingerprint density at radius 3 is 2.39 bits per heavy atom. The van der Waals surface area contributed by atoms with Gasteiger partial charge in [-0.05, 0) is 43.6 Å². The van der Waals surface area contributed by atoms with Gasteiger partial charge in [-0.25, -0.2) is 0 Å². The Hall–Kier alpha value is -2.15. The summed E-state index contributed by atoms with van der Waals surface area (Å²) in [4.78, 5) is 20.9. The first-order valence-corrected chi connectivity index (χ1v) is 11.8. The highest BCUT2D eigenvalue weighted by Crippen LogP contribution is 2.43. The van der Waals surface area contributed by atoms with Crippen LogP contribution in [0.25, 0.3) is 0 Å². The molecule has 1 N–H and O–H groups in total. The van der Waals surface area contributed by atoms with Gasteiger partial charge in [0.2, 0.25) is 0 Å². The minimum atomic E-state index is -0.0699. The third-order valence-corrected chi connectivity index (χ3v) is 7.89. The molecule has 0 radical (unpaired) electrons. The summed E-state index contributed by atoms with van der Waals surface area (Å²) in [6.07, 6.45) is 2.51. The fraction of sp³-hybridized carbons (Fsp3) is 0.560. The molecule has 7 rings (SSSR count). The number of hydrogen-bond acceptors (Lipinski definition) is 5. The second-order valence-electron chi connectivity index (χ2n) is 9.95. The summed E-state index contributed by atoms with van der Waals surface area (Å²) in [5.74, 6) is 1.71. The molecule has 6 nitrogen and oxygen atoms in total. The van der Waals surface area contributed by atoms with Gasteiger partial charge in [0, 0.05) is 56.6 Å². The monoisotopic (exact) mass is 420 g/mol. The maximum absolute atomic E-state index is 13.3. The first-order valence-electron chi connectivity index (χ1n) is 11.8. The quantitative estimate of drug-likeness (QED) is 0.804. The van der Waals surface area contributed by atoms with Crippen LogP contribution in [-0.2, 0) is 12.0 Å². The number of fused-ring (bicyclic) bond motifs is 1. The van der Waals surface area contributed by atoms with Gasteiger partial charge < -0.3 is 19.5 Å². The first kappa shape index (κ1) is 19.5. The largest absolute Gasteiger partial charge is 0.455 e. The molecular weight excluding hydrogens is 388 g/mol. The number of nitrogens with one attached hydrogen (secondary N) is 1. The maximum Gasteiger partial charge on any atom is 0.287 e. The molecule has 5 aliphatic rings. The van der Waals surface area contributed by atoms with Gasteiger partial charge in [0.25, 0.3) is 5.91 Å². The Kier molecular flexibility index (Phi) is 4.89. The van der Waals surface area contributed by atoms with Crippen LogP contribution < -0.4 is 5.32 Å². The van der Waals surface area contributed by atoms with Crippen LogP contribution in [-0.4, -0.2) is 79.0 Å². The van der Waals surface area contributed by atoms with Crippen molar-refractivity contribution in [1.29, 1.82) is 0 Å². The fourth-order valence-corrected chi connectivity index (χ4v) is 6.53. The number of carbonyl (C=O) groups excluding carboxylic acids is 1. The lowest BCUT2D eigenvalue weighted by molar-refractivity contribution is 0.0174. The lowest BCUT2D eigenvalue weighted by Gasteiger charge is -2.55. The normalized spacial score (nSPS) is 34.7. The lowest BCUT2D eigenvalue weighted by atomic mass is 9.64. The van der Waals surface area contributed by atoms with Gasteiger partial charge in [-0.1, -0.05) is 30.3 Å². The number of nitrogens with zero attached hydrogens (tertiary/aromatic N) is 3. The van der Waals surface area contributed by atoms with Crippen LogP contribution in [0.2, 0.25) is 0 Å². The third-order valence-electron chi connectivity index (χ3n) is 7.89. The molecule has 0 aliphatic carbocycles. The molecule has 1 aromatic heterocycles. The minimum Gasteiger partial charge on any atom is -0.455 e. The van der Waals surface area contributed by atoms with Crippen molar-refractivity contribution < 1.29 is 9.21 Å². The van der Waals surface area contributed by atoms with Crippen LogP contribution in [0.3, 0.4) is 0 Å². The third kappa shape index (κ3) is 3.51. The number of carbonyl (C=O) groups is 1. The number of piperidine rings is 2. The van der Waals surface area contributed by atoms with Gasteiger partial charge in [-0.15, -0.1) is 0 Å². The Morgan fingerprint density at radius 1 is 0.968 bits per heavy atom. The molecule has 5 saturated heterocycles. The molecule has 5 aliphatic heterocycles. The van der Waals surface area contributed by atoms with Crippen molar-refractivity contribution in [2.75, 3.05) is 52.4 Å². The van der Waals surface area contributed by atoms with Crippen molar-refractivity contribution in [3.8, 4) is 0 Å². The summed E-state index contributed by atoms with van der Waals surface area (Å²) in [5.41, 5.74) is 1.27. The van der Waals surface area contributed by atoms with Crippen molar-refractivity contribution in [3.63, 3.8) is 0 Å². The standard InChI is InChI=1S/C25H32N4O2/c30-24(22-9-8-21(31-22)16-27-10-4-5-11-27)26-23-19-14-28-12-13-29(15-19)18-25(23,17-28)20-6-2-1-3-7-20/h1-3,6-9,19,23H,4-5,10-18H2,(H,26,30). The summed E-state index contributed by atoms with van der Waals surface area (Å²) >= 11 is 0. The van der Waals surface area contributed by atoms with E-state index in [2.05, 4.69) is 50.3 Å². The molecule has 164 valence electrons. The van der Waals surface area contributed by atoms with Crippen molar-refractivity contribution >= 4 is 5.91 Å². The molecule has 5 fully saturated rings. The molecule has 0 spiro atoms. The molecule has 3 unspecified atom stereocenters. The smallest absolute Gasteiger partial charge is 0.287 e. The zero-order chi connectivity index (χ0) is 20.8. The highest BCUT2D eigenvalue weighted by Gasteiger charge is 2.55. The second-order valence-corrected chi connectivity index (χ2v) is 9.95. The zero-order valence-corrected chi connectivity index (χ0v) is 18.1. The van der Waals surface area contributed by atoms with E-state index in [1.165, 1.54) is 18.4 Å². The van der Waals surface area contributed by atoms with E-state index in [1.54, 1.807) is 0 Å². The van der Waals surface area contributed by atoms with Gasteiger partial charge in [0.1, 0.15) is 5.76 Å². The molecule has 1 aromatic carbocycles. The molecule has 1 amide bonds. The van der Waals surface area contributed by atoms with E-state index in [4.69, 9.17) is 4.42 Å². The van der Waals surface area contributed by atoms with Crippen LogP contribution in [0, 0.1) is 5.92 Å². The number of benzene rings is 1. The first-order chi connectivity index (χ1) is 15.2. The topological polar surface area (TPSA) is 52.0 Å². The summed E-state index contributed by atoms with van der Waals surface area (Å²) in [6, 6.07) is 14.8. The number of rotatable bonds is 5. The molecule has 6 heterocycles. The second kappa shape index (κ2) is 7.76. The van der Waals surface area contributed by atoms with Crippen LogP contribution in [0.15, 0.2) is 46.9 Å². The average Bonchev–Trinajstić information content (AvgIpc) is 3.40. The summed E-state index contributed by atoms with van der Waals surface area (Å²) in [7, 11) is 0. The molecule has 31 heavy (non-hydrogen) atoms.